The second kappa shape index (κ2) is 12.3. The Morgan fingerprint density at radius 2 is 0.955 bits per heavy atom. The van der Waals surface area contributed by atoms with Crippen LogP contribution in [0.25, 0.3) is 0 Å². The molecule has 122 valence electrons. The van der Waals surface area contributed by atoms with Gasteiger partial charge < -0.3 is 14.2 Å². The van der Waals surface area contributed by atoms with E-state index in [1.165, 1.54) is 23.1 Å². The molecule has 0 unspecified atom stereocenters. The summed E-state index contributed by atoms with van der Waals surface area (Å²) in [5.74, 6) is -1.77. The van der Waals surface area contributed by atoms with Gasteiger partial charge in [0.2, 0.25) is 0 Å². The predicted molar refractivity (Wildman–Crippen MR) is 79.9 cm³/mol. The number of carbonyl (C=O) groups excluding carboxylic acids is 3. The van der Waals surface area contributed by atoms with Gasteiger partial charge in [-0.05, 0) is 0 Å². The standard InChI is InChI=1S/C15H21NO6/c1-4-7-20-13(17)10-16(11-14(18)21-8-5-2)12-15(19)22-9-6-3/h4-6H,1-3,7-12H2. The Morgan fingerprint density at radius 3 is 1.18 bits per heavy atom. The molecule has 7 heteroatoms. The van der Waals surface area contributed by atoms with Crippen LogP contribution in [0.2, 0.25) is 0 Å². The highest BCUT2D eigenvalue weighted by Gasteiger charge is 2.19. The van der Waals surface area contributed by atoms with Crippen LogP contribution >= 0.6 is 0 Å². The van der Waals surface area contributed by atoms with E-state index >= 15 is 0 Å². The molecule has 0 bridgehead atoms. The van der Waals surface area contributed by atoms with Gasteiger partial charge in [-0.15, -0.1) is 0 Å². The van der Waals surface area contributed by atoms with Crippen LogP contribution in [0.15, 0.2) is 38.0 Å². The zero-order chi connectivity index (χ0) is 16.8. The minimum Gasteiger partial charge on any atom is -0.461 e. The molecule has 0 radical (unpaired) electrons. The fourth-order valence-corrected chi connectivity index (χ4v) is 1.31. The van der Waals surface area contributed by atoms with Gasteiger partial charge in [-0.25, -0.2) is 0 Å². The van der Waals surface area contributed by atoms with Crippen LogP contribution in [0.1, 0.15) is 0 Å². The Kier molecular flexibility index (Phi) is 11.0. The van der Waals surface area contributed by atoms with E-state index in [2.05, 4.69) is 19.7 Å². The Labute approximate surface area is 129 Å². The Balaban J connectivity index is 4.52. The first-order valence-electron chi connectivity index (χ1n) is 6.55. The van der Waals surface area contributed by atoms with E-state index in [9.17, 15) is 14.4 Å². The lowest BCUT2D eigenvalue weighted by Crippen LogP contribution is -2.40. The predicted octanol–water partition coefficient (Wildman–Crippen LogP) is 0.476. The number of rotatable bonds is 12. The second-order valence-electron chi connectivity index (χ2n) is 4.06. The molecule has 0 fully saturated rings. The summed E-state index contributed by atoms with van der Waals surface area (Å²) in [6.45, 7) is 9.66. The van der Waals surface area contributed by atoms with Crippen molar-refractivity contribution in [1.29, 1.82) is 0 Å². The summed E-state index contributed by atoms with van der Waals surface area (Å²) >= 11 is 0. The average Bonchev–Trinajstić information content (AvgIpc) is 2.48. The molecule has 0 aromatic rings. The molecule has 0 aromatic heterocycles. The monoisotopic (exact) mass is 311 g/mol. The van der Waals surface area contributed by atoms with Crippen LogP contribution in [0.3, 0.4) is 0 Å². The lowest BCUT2D eigenvalue weighted by molar-refractivity contribution is -0.150. The molecule has 7 nitrogen and oxygen atoms in total. The molecule has 0 spiro atoms. The number of hydrogen-bond donors (Lipinski definition) is 0. The van der Waals surface area contributed by atoms with Gasteiger partial charge >= 0.3 is 17.9 Å². The van der Waals surface area contributed by atoms with Gasteiger partial charge in [-0.1, -0.05) is 38.0 Å². The minimum absolute atomic E-state index is 0.0501. The van der Waals surface area contributed by atoms with Crippen LogP contribution in [-0.4, -0.2) is 62.3 Å². The molecule has 0 rings (SSSR count). The maximum atomic E-state index is 11.6. The summed E-state index contributed by atoms with van der Waals surface area (Å²) in [4.78, 5) is 35.9. The van der Waals surface area contributed by atoms with Crippen molar-refractivity contribution in [3.8, 4) is 0 Å². The summed E-state index contributed by atoms with van der Waals surface area (Å²) < 4.78 is 14.4. The lowest BCUT2D eigenvalue weighted by atomic mass is 10.4. The van der Waals surface area contributed by atoms with Gasteiger partial charge in [-0.2, -0.15) is 0 Å². The van der Waals surface area contributed by atoms with Crippen molar-refractivity contribution < 1.29 is 28.6 Å². The first-order chi connectivity index (χ1) is 10.5. The highest BCUT2D eigenvalue weighted by atomic mass is 16.5. The van der Waals surface area contributed by atoms with Crippen molar-refractivity contribution in [2.24, 2.45) is 0 Å². The second-order valence-corrected chi connectivity index (χ2v) is 4.06. The number of esters is 3. The maximum Gasteiger partial charge on any atom is 0.320 e. The molecule has 0 aliphatic heterocycles. The molecule has 0 saturated heterocycles. The molecule has 0 aliphatic carbocycles. The number of carbonyl (C=O) groups is 3. The molecule has 0 amide bonds. The SMILES string of the molecule is C=CCOC(=O)CN(CC(=O)OCC=C)CC(=O)OCC=C. The third-order valence-corrected chi connectivity index (χ3v) is 2.14. The number of ether oxygens (including phenoxy) is 3. The van der Waals surface area contributed by atoms with Crippen LogP contribution < -0.4 is 0 Å². The zero-order valence-corrected chi connectivity index (χ0v) is 12.5. The van der Waals surface area contributed by atoms with E-state index in [-0.39, 0.29) is 39.5 Å². The summed E-state index contributed by atoms with van der Waals surface area (Å²) in [7, 11) is 0. The largest absolute Gasteiger partial charge is 0.461 e. The summed E-state index contributed by atoms with van der Waals surface area (Å²) in [6.07, 6.45) is 4.25. The van der Waals surface area contributed by atoms with Crippen LogP contribution in [-0.2, 0) is 28.6 Å². The van der Waals surface area contributed by atoms with Crippen molar-refractivity contribution in [2.45, 2.75) is 0 Å². The molecule has 0 aromatic carbocycles. The van der Waals surface area contributed by atoms with E-state index in [1.807, 2.05) is 0 Å². The quantitative estimate of drug-likeness (QED) is 0.294. The molecule has 0 N–H and O–H groups in total. The Hall–Kier alpha value is -2.41. The summed E-state index contributed by atoms with van der Waals surface area (Å²) in [5, 5.41) is 0. The van der Waals surface area contributed by atoms with Crippen molar-refractivity contribution in [1.82, 2.24) is 4.90 Å². The lowest BCUT2D eigenvalue weighted by Gasteiger charge is -2.19. The molecule has 0 saturated carbocycles. The van der Waals surface area contributed by atoms with E-state index in [1.54, 1.807) is 0 Å². The topological polar surface area (TPSA) is 82.1 Å². The summed E-state index contributed by atoms with van der Waals surface area (Å²) in [5.41, 5.74) is 0. The molecular formula is C15H21NO6. The molecule has 22 heavy (non-hydrogen) atoms. The third-order valence-electron chi connectivity index (χ3n) is 2.14. The smallest absolute Gasteiger partial charge is 0.320 e. The van der Waals surface area contributed by atoms with Crippen molar-refractivity contribution in [3.05, 3.63) is 38.0 Å². The van der Waals surface area contributed by atoms with Crippen molar-refractivity contribution in [3.63, 3.8) is 0 Å². The zero-order valence-electron chi connectivity index (χ0n) is 12.5. The van der Waals surface area contributed by atoms with Gasteiger partial charge in [0.25, 0.3) is 0 Å². The van der Waals surface area contributed by atoms with Gasteiger partial charge in [0.05, 0.1) is 19.6 Å². The van der Waals surface area contributed by atoms with E-state index < -0.39 is 17.9 Å². The molecule has 0 heterocycles. The average molecular weight is 311 g/mol. The first kappa shape index (κ1) is 19.6. The van der Waals surface area contributed by atoms with Crippen molar-refractivity contribution in [2.75, 3.05) is 39.5 Å². The molecule has 0 aliphatic rings. The fraction of sp³-hybridized carbons (Fsp3) is 0.400. The summed E-state index contributed by atoms with van der Waals surface area (Å²) in [6, 6.07) is 0. The van der Waals surface area contributed by atoms with E-state index in [0.717, 1.165) is 0 Å². The maximum absolute atomic E-state index is 11.6. The van der Waals surface area contributed by atoms with Crippen LogP contribution in [0.4, 0.5) is 0 Å². The number of nitrogens with zero attached hydrogens (tertiary/aromatic N) is 1. The fourth-order valence-electron chi connectivity index (χ4n) is 1.31. The van der Waals surface area contributed by atoms with Gasteiger partial charge in [0.15, 0.2) is 0 Å². The normalized spacial score (nSPS) is 9.68. The van der Waals surface area contributed by atoms with Crippen LogP contribution in [0.5, 0.6) is 0 Å². The van der Waals surface area contributed by atoms with E-state index in [4.69, 9.17) is 14.2 Å². The van der Waals surface area contributed by atoms with E-state index in [0.29, 0.717) is 0 Å². The first-order valence-corrected chi connectivity index (χ1v) is 6.55. The number of hydrogen-bond acceptors (Lipinski definition) is 7. The van der Waals surface area contributed by atoms with Crippen molar-refractivity contribution >= 4 is 17.9 Å². The Morgan fingerprint density at radius 1 is 0.682 bits per heavy atom. The van der Waals surface area contributed by atoms with Gasteiger partial charge in [0.1, 0.15) is 19.8 Å². The van der Waals surface area contributed by atoms with Gasteiger partial charge in [0, 0.05) is 0 Å². The van der Waals surface area contributed by atoms with Gasteiger partial charge in [-0.3, -0.25) is 19.3 Å². The molecule has 0 atom stereocenters. The minimum atomic E-state index is -0.590. The Bertz CT molecular complexity index is 356. The highest BCUT2D eigenvalue weighted by molar-refractivity contribution is 5.78. The van der Waals surface area contributed by atoms with Crippen LogP contribution in [0, 0.1) is 0 Å². The third kappa shape index (κ3) is 10.4. The molecular weight excluding hydrogens is 290 g/mol. The highest BCUT2D eigenvalue weighted by Crippen LogP contribution is 1.95.